The Morgan fingerprint density at radius 2 is 2.10 bits per heavy atom. The number of pyridine rings is 1. The smallest absolute Gasteiger partial charge is 0.290 e. The molecule has 1 aromatic carbocycles. The van der Waals surface area contributed by atoms with E-state index in [1.54, 1.807) is 0 Å². The Kier molecular flexibility index (Phi) is 4.35. The fourth-order valence-corrected chi connectivity index (χ4v) is 1.90. The maximum Gasteiger partial charge on any atom is 0.290 e. The fourth-order valence-electron chi connectivity index (χ4n) is 1.51. The second kappa shape index (κ2) is 6.02. The number of nitrogens with one attached hydrogen (secondary N) is 1. The average Bonchev–Trinajstić information content (AvgIpc) is 2.43. The number of hydrogen-bond donors (Lipinski definition) is 1. The lowest BCUT2D eigenvalue weighted by molar-refractivity contribution is -0.384. The van der Waals surface area contributed by atoms with Crippen LogP contribution in [0, 0.1) is 15.9 Å². The van der Waals surface area contributed by atoms with E-state index in [-0.39, 0.29) is 21.3 Å². The highest BCUT2D eigenvalue weighted by atomic mass is 35.5. The van der Waals surface area contributed by atoms with Gasteiger partial charge in [-0.3, -0.25) is 19.9 Å². The summed E-state index contributed by atoms with van der Waals surface area (Å²) >= 11 is 11.4. The Morgan fingerprint density at radius 3 is 2.71 bits per heavy atom. The highest BCUT2D eigenvalue weighted by Gasteiger charge is 2.20. The number of rotatable bonds is 3. The second-order valence-electron chi connectivity index (χ2n) is 3.86. The number of halogens is 3. The van der Waals surface area contributed by atoms with Crippen molar-refractivity contribution in [2.45, 2.75) is 0 Å². The molecule has 2 aromatic rings. The molecule has 0 spiro atoms. The van der Waals surface area contributed by atoms with Gasteiger partial charge in [-0.25, -0.2) is 4.39 Å². The van der Waals surface area contributed by atoms with E-state index < -0.39 is 22.3 Å². The molecular formula is C12H6Cl2FN3O3. The van der Waals surface area contributed by atoms with E-state index in [0.717, 1.165) is 18.3 Å². The summed E-state index contributed by atoms with van der Waals surface area (Å²) in [5.41, 5.74) is -0.736. The number of carbonyl (C=O) groups excluding carboxylic acids is 1. The number of hydrogen-bond acceptors (Lipinski definition) is 4. The van der Waals surface area contributed by atoms with Crippen molar-refractivity contribution in [2.24, 2.45) is 0 Å². The van der Waals surface area contributed by atoms with Crippen molar-refractivity contribution in [2.75, 3.05) is 5.32 Å². The van der Waals surface area contributed by atoms with Gasteiger partial charge in [0.05, 0.1) is 21.8 Å². The van der Waals surface area contributed by atoms with Gasteiger partial charge in [0.15, 0.2) is 5.82 Å². The first-order valence-electron chi connectivity index (χ1n) is 5.44. The molecule has 9 heteroatoms. The molecule has 21 heavy (non-hydrogen) atoms. The molecule has 0 aliphatic rings. The van der Waals surface area contributed by atoms with Gasteiger partial charge in [0, 0.05) is 17.8 Å². The maximum absolute atomic E-state index is 13.4. The minimum atomic E-state index is -0.766. The van der Waals surface area contributed by atoms with Crippen LogP contribution in [0.5, 0.6) is 0 Å². The van der Waals surface area contributed by atoms with Gasteiger partial charge in [0.1, 0.15) is 5.02 Å². The minimum absolute atomic E-state index is 0.108. The van der Waals surface area contributed by atoms with Crippen molar-refractivity contribution in [3.8, 4) is 0 Å². The molecule has 1 N–H and O–H groups in total. The van der Waals surface area contributed by atoms with E-state index in [1.807, 2.05) is 0 Å². The largest absolute Gasteiger partial charge is 0.319 e. The van der Waals surface area contributed by atoms with Gasteiger partial charge in [0.2, 0.25) is 0 Å². The molecule has 0 saturated heterocycles. The number of anilines is 1. The number of nitrogens with zero attached hydrogens (tertiary/aromatic N) is 2. The van der Waals surface area contributed by atoms with Crippen LogP contribution in [-0.2, 0) is 0 Å². The van der Waals surface area contributed by atoms with Crippen LogP contribution in [0.2, 0.25) is 10.0 Å². The van der Waals surface area contributed by atoms with Crippen molar-refractivity contribution in [1.29, 1.82) is 0 Å². The van der Waals surface area contributed by atoms with Crippen LogP contribution < -0.4 is 5.32 Å². The Bertz CT molecular complexity index is 740. The number of amides is 1. The molecule has 0 fully saturated rings. The van der Waals surface area contributed by atoms with Gasteiger partial charge in [-0.1, -0.05) is 23.2 Å². The summed E-state index contributed by atoms with van der Waals surface area (Å²) < 4.78 is 13.4. The molecule has 1 amide bonds. The van der Waals surface area contributed by atoms with E-state index in [2.05, 4.69) is 10.3 Å². The quantitative estimate of drug-likeness (QED) is 0.687. The Morgan fingerprint density at radius 1 is 1.38 bits per heavy atom. The minimum Gasteiger partial charge on any atom is -0.319 e. The zero-order valence-corrected chi connectivity index (χ0v) is 11.7. The first-order valence-corrected chi connectivity index (χ1v) is 6.20. The zero-order valence-electron chi connectivity index (χ0n) is 10.1. The molecule has 108 valence electrons. The Balaban J connectivity index is 2.36. The monoisotopic (exact) mass is 329 g/mol. The molecule has 6 nitrogen and oxygen atoms in total. The van der Waals surface area contributed by atoms with Crippen molar-refractivity contribution >= 4 is 40.5 Å². The summed E-state index contributed by atoms with van der Waals surface area (Å²) in [4.78, 5) is 25.6. The molecule has 0 aliphatic carbocycles. The van der Waals surface area contributed by atoms with Crippen molar-refractivity contribution in [3.05, 3.63) is 62.1 Å². The second-order valence-corrected chi connectivity index (χ2v) is 4.64. The summed E-state index contributed by atoms with van der Waals surface area (Å²) in [5, 5.41) is 12.7. The van der Waals surface area contributed by atoms with Crippen LogP contribution in [0.3, 0.4) is 0 Å². The summed E-state index contributed by atoms with van der Waals surface area (Å²) in [6.07, 6.45) is 2.21. The van der Waals surface area contributed by atoms with E-state index in [0.29, 0.717) is 0 Å². The summed E-state index contributed by atoms with van der Waals surface area (Å²) in [6, 6.07) is 3.37. The molecule has 0 bridgehead atoms. The van der Waals surface area contributed by atoms with Gasteiger partial charge in [-0.2, -0.15) is 0 Å². The lowest BCUT2D eigenvalue weighted by Crippen LogP contribution is -2.13. The highest BCUT2D eigenvalue weighted by molar-refractivity contribution is 6.43. The SMILES string of the molecule is O=C(Nc1ccncc1F)c1cc(Cl)c(Cl)c([N+](=O)[O-])c1. The number of benzene rings is 1. The summed E-state index contributed by atoms with van der Waals surface area (Å²) in [5.74, 6) is -1.50. The summed E-state index contributed by atoms with van der Waals surface area (Å²) in [6.45, 7) is 0. The predicted molar refractivity (Wildman–Crippen MR) is 75.3 cm³/mol. The molecule has 0 radical (unpaired) electrons. The lowest BCUT2D eigenvalue weighted by Gasteiger charge is -2.07. The molecule has 0 unspecified atom stereocenters. The third-order valence-electron chi connectivity index (χ3n) is 2.49. The molecule has 2 rings (SSSR count). The Labute approximate surface area is 127 Å². The van der Waals surface area contributed by atoms with Gasteiger partial charge < -0.3 is 5.32 Å². The van der Waals surface area contributed by atoms with Crippen LogP contribution in [0.1, 0.15) is 10.4 Å². The average molecular weight is 330 g/mol. The highest BCUT2D eigenvalue weighted by Crippen LogP contribution is 2.33. The Hall–Kier alpha value is -2.25. The van der Waals surface area contributed by atoms with Crippen molar-refractivity contribution in [3.63, 3.8) is 0 Å². The molecule has 0 saturated carbocycles. The van der Waals surface area contributed by atoms with E-state index in [9.17, 15) is 19.3 Å². The van der Waals surface area contributed by atoms with Gasteiger partial charge in [0.25, 0.3) is 11.6 Å². The standard InChI is InChI=1S/C12H6Cl2FN3O3/c13-7-3-6(4-10(11(7)14)18(20)21)12(19)17-9-1-2-16-5-8(9)15/h1-5H,(H,16,17,19). The third kappa shape index (κ3) is 3.26. The van der Waals surface area contributed by atoms with Crippen LogP contribution in [0.15, 0.2) is 30.6 Å². The number of aromatic nitrogens is 1. The molecular weight excluding hydrogens is 324 g/mol. The molecule has 1 aromatic heterocycles. The van der Waals surface area contributed by atoms with Crippen molar-refractivity contribution in [1.82, 2.24) is 4.98 Å². The van der Waals surface area contributed by atoms with E-state index >= 15 is 0 Å². The van der Waals surface area contributed by atoms with Crippen LogP contribution in [0.4, 0.5) is 15.8 Å². The first-order chi connectivity index (χ1) is 9.90. The first kappa shape index (κ1) is 15.1. The van der Waals surface area contributed by atoms with Crippen molar-refractivity contribution < 1.29 is 14.1 Å². The molecule has 1 heterocycles. The number of nitro benzene ring substituents is 1. The fraction of sp³-hybridized carbons (Fsp3) is 0. The summed E-state index contributed by atoms with van der Waals surface area (Å²) in [7, 11) is 0. The molecule has 0 atom stereocenters. The number of nitro groups is 1. The third-order valence-corrected chi connectivity index (χ3v) is 3.28. The van der Waals surface area contributed by atoms with E-state index in [4.69, 9.17) is 23.2 Å². The normalized spacial score (nSPS) is 10.2. The van der Waals surface area contributed by atoms with Gasteiger partial charge in [-0.05, 0) is 12.1 Å². The lowest BCUT2D eigenvalue weighted by atomic mass is 10.2. The van der Waals surface area contributed by atoms with E-state index in [1.165, 1.54) is 12.3 Å². The van der Waals surface area contributed by atoms with Crippen LogP contribution >= 0.6 is 23.2 Å². The zero-order chi connectivity index (χ0) is 15.6. The predicted octanol–water partition coefficient (Wildman–Crippen LogP) is 3.69. The number of carbonyl (C=O) groups is 1. The maximum atomic E-state index is 13.4. The molecule has 0 aliphatic heterocycles. The van der Waals surface area contributed by atoms with Gasteiger partial charge >= 0.3 is 0 Å². The van der Waals surface area contributed by atoms with Gasteiger partial charge in [-0.15, -0.1) is 0 Å². The van der Waals surface area contributed by atoms with Crippen LogP contribution in [-0.4, -0.2) is 15.8 Å². The topological polar surface area (TPSA) is 85.1 Å². The van der Waals surface area contributed by atoms with Crippen LogP contribution in [0.25, 0.3) is 0 Å².